The molecule has 2 heteroatoms. The molecule has 0 aliphatic carbocycles. The standard InChI is InChI=1S/C25H33NO/c1-18(2)25(27)23-15-12-19(3)17-24(23)22-11-6-5-9-20(22)13-14-21-10-7-8-16-26(21)4/h5-6,9,11-12,15,17-18,21H,7-8,10,13-14,16H2,1-4H3. The quantitative estimate of drug-likeness (QED) is 0.594. The van der Waals surface area contributed by atoms with Crippen LogP contribution >= 0.6 is 0 Å². The molecule has 0 spiro atoms. The summed E-state index contributed by atoms with van der Waals surface area (Å²) in [5.74, 6) is 0.237. The number of aryl methyl sites for hydroxylation is 2. The summed E-state index contributed by atoms with van der Waals surface area (Å²) in [5.41, 5.74) is 5.75. The van der Waals surface area contributed by atoms with Crippen LogP contribution in [0.4, 0.5) is 0 Å². The van der Waals surface area contributed by atoms with Gasteiger partial charge in [-0.25, -0.2) is 0 Å². The molecule has 1 heterocycles. The van der Waals surface area contributed by atoms with Crippen molar-refractivity contribution in [3.8, 4) is 11.1 Å². The third-order valence-electron chi connectivity index (χ3n) is 5.94. The molecule has 1 unspecified atom stereocenters. The Morgan fingerprint density at radius 1 is 1.11 bits per heavy atom. The summed E-state index contributed by atoms with van der Waals surface area (Å²) < 4.78 is 0. The van der Waals surface area contributed by atoms with Crippen LogP contribution in [0.2, 0.25) is 0 Å². The molecule has 0 amide bonds. The molecule has 1 atom stereocenters. The number of piperidine rings is 1. The second-order valence-corrected chi connectivity index (χ2v) is 8.39. The lowest BCUT2D eigenvalue weighted by Crippen LogP contribution is -2.36. The Morgan fingerprint density at radius 3 is 2.63 bits per heavy atom. The number of benzene rings is 2. The molecule has 0 aromatic heterocycles. The predicted octanol–water partition coefficient (Wildman–Crippen LogP) is 5.92. The summed E-state index contributed by atoms with van der Waals surface area (Å²) in [7, 11) is 2.26. The molecule has 27 heavy (non-hydrogen) atoms. The average Bonchev–Trinajstić information content (AvgIpc) is 2.67. The molecule has 1 aliphatic heterocycles. The molecule has 1 fully saturated rings. The number of carbonyl (C=O) groups excluding carboxylic acids is 1. The molecule has 144 valence electrons. The maximum absolute atomic E-state index is 12.8. The molecule has 1 aliphatic rings. The van der Waals surface area contributed by atoms with Gasteiger partial charge in [-0.15, -0.1) is 0 Å². The van der Waals surface area contributed by atoms with E-state index < -0.39 is 0 Å². The molecule has 2 aromatic carbocycles. The Labute approximate surface area is 164 Å². The van der Waals surface area contributed by atoms with Gasteiger partial charge < -0.3 is 4.90 Å². The van der Waals surface area contributed by atoms with Crippen molar-refractivity contribution in [3.05, 3.63) is 59.2 Å². The molecule has 2 aromatic rings. The van der Waals surface area contributed by atoms with E-state index in [-0.39, 0.29) is 11.7 Å². The van der Waals surface area contributed by atoms with E-state index in [4.69, 9.17) is 0 Å². The topological polar surface area (TPSA) is 20.3 Å². The Kier molecular flexibility index (Phi) is 6.49. The lowest BCUT2D eigenvalue weighted by molar-refractivity contribution is 0.0940. The van der Waals surface area contributed by atoms with E-state index in [0.717, 1.165) is 17.5 Å². The zero-order chi connectivity index (χ0) is 19.4. The first-order valence-electron chi connectivity index (χ1n) is 10.4. The van der Waals surface area contributed by atoms with Gasteiger partial charge in [0.2, 0.25) is 0 Å². The molecule has 1 saturated heterocycles. The molecule has 0 bridgehead atoms. The van der Waals surface area contributed by atoms with Gasteiger partial charge in [0.1, 0.15) is 0 Å². The number of hydrogen-bond acceptors (Lipinski definition) is 2. The molecule has 2 nitrogen and oxygen atoms in total. The highest BCUT2D eigenvalue weighted by molar-refractivity contribution is 6.03. The molecule has 0 saturated carbocycles. The number of rotatable bonds is 6. The summed E-state index contributed by atoms with van der Waals surface area (Å²) in [5, 5.41) is 0. The summed E-state index contributed by atoms with van der Waals surface area (Å²) in [6.07, 6.45) is 6.23. The van der Waals surface area contributed by atoms with Gasteiger partial charge in [-0.05, 0) is 62.9 Å². The van der Waals surface area contributed by atoms with E-state index in [9.17, 15) is 4.79 Å². The highest BCUT2D eigenvalue weighted by atomic mass is 16.1. The second-order valence-electron chi connectivity index (χ2n) is 8.39. The van der Waals surface area contributed by atoms with Crippen molar-refractivity contribution in [2.75, 3.05) is 13.6 Å². The zero-order valence-corrected chi connectivity index (χ0v) is 17.3. The van der Waals surface area contributed by atoms with Crippen molar-refractivity contribution in [3.63, 3.8) is 0 Å². The van der Waals surface area contributed by atoms with E-state index in [0.29, 0.717) is 6.04 Å². The summed E-state index contributed by atoms with van der Waals surface area (Å²) >= 11 is 0. The van der Waals surface area contributed by atoms with Crippen LogP contribution in [0.5, 0.6) is 0 Å². The molecular formula is C25H33NO. The Hall–Kier alpha value is -1.93. The van der Waals surface area contributed by atoms with Gasteiger partial charge in [-0.1, -0.05) is 68.3 Å². The van der Waals surface area contributed by atoms with Crippen molar-refractivity contribution in [2.45, 2.75) is 58.9 Å². The van der Waals surface area contributed by atoms with E-state index in [2.05, 4.69) is 55.3 Å². The van der Waals surface area contributed by atoms with Crippen molar-refractivity contribution in [1.29, 1.82) is 0 Å². The normalized spacial score (nSPS) is 18.0. The van der Waals surface area contributed by atoms with Crippen LogP contribution in [0.3, 0.4) is 0 Å². The Balaban J connectivity index is 1.92. The first-order valence-corrected chi connectivity index (χ1v) is 10.4. The first-order chi connectivity index (χ1) is 13.0. The van der Waals surface area contributed by atoms with Crippen LogP contribution in [0.1, 0.15) is 61.0 Å². The fraction of sp³-hybridized carbons (Fsp3) is 0.480. The Morgan fingerprint density at radius 2 is 1.89 bits per heavy atom. The van der Waals surface area contributed by atoms with E-state index in [1.807, 2.05) is 19.9 Å². The van der Waals surface area contributed by atoms with Crippen LogP contribution in [-0.4, -0.2) is 30.3 Å². The number of ketones is 1. The SMILES string of the molecule is Cc1ccc(C(=O)C(C)C)c(-c2ccccc2CCC2CCCCN2C)c1. The molecule has 3 rings (SSSR count). The summed E-state index contributed by atoms with van der Waals surface area (Å²) in [6, 6.07) is 15.6. The average molecular weight is 364 g/mol. The lowest BCUT2D eigenvalue weighted by Gasteiger charge is -2.32. The van der Waals surface area contributed by atoms with E-state index in [1.165, 1.54) is 48.9 Å². The van der Waals surface area contributed by atoms with Gasteiger partial charge in [0, 0.05) is 17.5 Å². The van der Waals surface area contributed by atoms with Crippen LogP contribution in [-0.2, 0) is 6.42 Å². The largest absolute Gasteiger partial charge is 0.303 e. The van der Waals surface area contributed by atoms with E-state index in [1.54, 1.807) is 0 Å². The fourth-order valence-corrected chi connectivity index (χ4v) is 4.24. The highest BCUT2D eigenvalue weighted by Crippen LogP contribution is 2.31. The third-order valence-corrected chi connectivity index (χ3v) is 5.94. The minimum absolute atomic E-state index is 0.00880. The van der Waals surface area contributed by atoms with Gasteiger partial charge in [-0.3, -0.25) is 4.79 Å². The molecule has 0 N–H and O–H groups in total. The molecule has 0 radical (unpaired) electrons. The monoisotopic (exact) mass is 363 g/mol. The maximum atomic E-state index is 12.8. The van der Waals surface area contributed by atoms with Gasteiger partial charge in [0.15, 0.2) is 5.78 Å². The van der Waals surface area contributed by atoms with Crippen LogP contribution in [0.25, 0.3) is 11.1 Å². The minimum atomic E-state index is 0.00880. The number of likely N-dealkylation sites (tertiary alicyclic amines) is 1. The lowest BCUT2D eigenvalue weighted by atomic mass is 9.87. The summed E-state index contributed by atoms with van der Waals surface area (Å²) in [4.78, 5) is 15.3. The zero-order valence-electron chi connectivity index (χ0n) is 17.3. The minimum Gasteiger partial charge on any atom is -0.303 e. The van der Waals surface area contributed by atoms with Crippen molar-refractivity contribution in [2.24, 2.45) is 5.92 Å². The van der Waals surface area contributed by atoms with Crippen molar-refractivity contribution >= 4 is 5.78 Å². The first kappa shape index (κ1) is 19.8. The van der Waals surface area contributed by atoms with Crippen LogP contribution in [0.15, 0.2) is 42.5 Å². The number of Topliss-reactive ketones (excluding diaryl/α,β-unsaturated/α-hetero) is 1. The number of hydrogen-bond donors (Lipinski definition) is 0. The fourth-order valence-electron chi connectivity index (χ4n) is 4.24. The second kappa shape index (κ2) is 8.84. The maximum Gasteiger partial charge on any atom is 0.166 e. The van der Waals surface area contributed by atoms with Crippen LogP contribution in [0, 0.1) is 12.8 Å². The number of carbonyl (C=O) groups is 1. The van der Waals surface area contributed by atoms with Gasteiger partial charge >= 0.3 is 0 Å². The number of nitrogens with zero attached hydrogens (tertiary/aromatic N) is 1. The molecular weight excluding hydrogens is 330 g/mol. The smallest absolute Gasteiger partial charge is 0.166 e. The third kappa shape index (κ3) is 4.68. The predicted molar refractivity (Wildman–Crippen MR) is 114 cm³/mol. The summed E-state index contributed by atoms with van der Waals surface area (Å²) in [6.45, 7) is 7.29. The van der Waals surface area contributed by atoms with Gasteiger partial charge in [-0.2, -0.15) is 0 Å². The van der Waals surface area contributed by atoms with Crippen LogP contribution < -0.4 is 0 Å². The van der Waals surface area contributed by atoms with Crippen molar-refractivity contribution < 1.29 is 4.79 Å². The van der Waals surface area contributed by atoms with E-state index >= 15 is 0 Å². The van der Waals surface area contributed by atoms with Crippen molar-refractivity contribution in [1.82, 2.24) is 4.90 Å². The highest BCUT2D eigenvalue weighted by Gasteiger charge is 2.21. The van der Waals surface area contributed by atoms with Gasteiger partial charge in [0.05, 0.1) is 0 Å². The van der Waals surface area contributed by atoms with Gasteiger partial charge in [0.25, 0.3) is 0 Å². The Bertz CT molecular complexity index is 793.